The minimum absolute atomic E-state index is 0.318. The van der Waals surface area contributed by atoms with Gasteiger partial charge in [-0.15, -0.1) is 6.42 Å². The monoisotopic (exact) mass is 406 g/mol. The fourth-order valence-corrected chi connectivity index (χ4v) is 1.81. The van der Waals surface area contributed by atoms with Crippen LogP contribution in [0, 0.1) is 12.3 Å². The molecule has 0 saturated heterocycles. The number of rotatable bonds is 24. The Balaban J connectivity index is 2.97. The van der Waals surface area contributed by atoms with Crippen LogP contribution in [0.3, 0.4) is 0 Å². The highest BCUT2D eigenvalue weighted by atomic mass is 16.6. The predicted molar refractivity (Wildman–Crippen MR) is 106 cm³/mol. The zero-order valence-corrected chi connectivity index (χ0v) is 17.4. The predicted octanol–water partition coefficient (Wildman–Crippen LogP) is 1.16. The first-order valence-electron chi connectivity index (χ1n) is 9.97. The largest absolute Gasteiger partial charge is 0.379 e. The van der Waals surface area contributed by atoms with Crippen molar-refractivity contribution in [1.82, 2.24) is 0 Å². The summed E-state index contributed by atoms with van der Waals surface area (Å²) in [5.41, 5.74) is 0. The van der Waals surface area contributed by atoms with E-state index in [1.54, 1.807) is 0 Å². The molecule has 0 unspecified atom stereocenters. The Morgan fingerprint density at radius 2 is 0.679 bits per heavy atom. The summed E-state index contributed by atoms with van der Waals surface area (Å²) in [4.78, 5) is 0. The first kappa shape index (κ1) is 27.2. The number of ether oxygens (including phenoxy) is 8. The lowest BCUT2D eigenvalue weighted by atomic mass is 10.5. The third-order valence-corrected chi connectivity index (χ3v) is 3.14. The summed E-state index contributed by atoms with van der Waals surface area (Å²) in [6.45, 7) is 10.9. The van der Waals surface area contributed by atoms with Gasteiger partial charge in [0.25, 0.3) is 0 Å². The van der Waals surface area contributed by atoms with Gasteiger partial charge >= 0.3 is 0 Å². The van der Waals surface area contributed by atoms with Crippen molar-refractivity contribution in [2.24, 2.45) is 0 Å². The Hall–Kier alpha value is -0.760. The zero-order chi connectivity index (χ0) is 20.4. The highest BCUT2D eigenvalue weighted by molar-refractivity contribution is 4.82. The Morgan fingerprint density at radius 3 is 0.929 bits per heavy atom. The molecular weight excluding hydrogens is 368 g/mol. The van der Waals surface area contributed by atoms with Gasteiger partial charge in [0.15, 0.2) is 0 Å². The van der Waals surface area contributed by atoms with Gasteiger partial charge in [-0.05, 0) is 6.42 Å². The molecule has 0 amide bonds. The van der Waals surface area contributed by atoms with Crippen molar-refractivity contribution >= 4 is 0 Å². The maximum absolute atomic E-state index is 5.41. The first-order valence-corrected chi connectivity index (χ1v) is 9.97. The van der Waals surface area contributed by atoms with Crippen molar-refractivity contribution in [3.05, 3.63) is 0 Å². The maximum atomic E-state index is 5.41. The maximum Gasteiger partial charge on any atom is 0.107 e. The second-order valence-electron chi connectivity index (χ2n) is 5.54. The van der Waals surface area contributed by atoms with Gasteiger partial charge in [-0.3, -0.25) is 0 Å². The summed E-state index contributed by atoms with van der Waals surface area (Å²) in [6.07, 6.45) is 6.09. The van der Waals surface area contributed by atoms with Crippen LogP contribution in [-0.4, -0.2) is 106 Å². The van der Waals surface area contributed by atoms with Crippen molar-refractivity contribution in [2.75, 3.05) is 106 Å². The zero-order valence-electron chi connectivity index (χ0n) is 17.4. The van der Waals surface area contributed by atoms with E-state index in [9.17, 15) is 0 Å². The second kappa shape index (κ2) is 26.2. The molecule has 0 saturated carbocycles. The van der Waals surface area contributed by atoms with Gasteiger partial charge in [0.1, 0.15) is 6.61 Å². The van der Waals surface area contributed by atoms with Crippen LogP contribution in [0.2, 0.25) is 0 Å². The first-order chi connectivity index (χ1) is 13.9. The molecule has 0 spiro atoms. The standard InChI is InChI=1S/C20H38O8/c1-3-5-21-7-9-23-11-13-25-15-17-27-19-20-28-18-16-26-14-12-24-10-8-22-6-4-2/h1H,4-20H2,2H3. The molecule has 8 nitrogen and oxygen atoms in total. The van der Waals surface area contributed by atoms with E-state index in [1.165, 1.54) is 0 Å². The summed E-state index contributed by atoms with van der Waals surface area (Å²) >= 11 is 0. The van der Waals surface area contributed by atoms with Crippen molar-refractivity contribution in [1.29, 1.82) is 0 Å². The molecule has 166 valence electrons. The van der Waals surface area contributed by atoms with Gasteiger partial charge in [0.05, 0.1) is 92.5 Å². The van der Waals surface area contributed by atoms with E-state index in [-0.39, 0.29) is 0 Å². The fourth-order valence-electron chi connectivity index (χ4n) is 1.81. The third-order valence-electron chi connectivity index (χ3n) is 3.14. The van der Waals surface area contributed by atoms with Crippen LogP contribution in [0.1, 0.15) is 13.3 Å². The molecule has 0 aromatic heterocycles. The molecule has 0 aliphatic carbocycles. The van der Waals surface area contributed by atoms with E-state index in [2.05, 4.69) is 12.8 Å². The Kier molecular flexibility index (Phi) is 25.5. The molecule has 0 atom stereocenters. The highest BCUT2D eigenvalue weighted by Crippen LogP contribution is 1.86. The molecule has 8 heteroatoms. The van der Waals surface area contributed by atoms with E-state index in [1.807, 2.05) is 0 Å². The summed E-state index contributed by atoms with van der Waals surface area (Å²) in [5, 5.41) is 0. The van der Waals surface area contributed by atoms with Gasteiger partial charge < -0.3 is 37.9 Å². The smallest absolute Gasteiger partial charge is 0.107 e. The van der Waals surface area contributed by atoms with Crippen LogP contribution < -0.4 is 0 Å². The lowest BCUT2D eigenvalue weighted by Crippen LogP contribution is -2.15. The molecule has 0 radical (unpaired) electrons. The minimum atomic E-state index is 0.318. The Morgan fingerprint density at radius 1 is 0.429 bits per heavy atom. The fraction of sp³-hybridized carbons (Fsp3) is 0.900. The van der Waals surface area contributed by atoms with Crippen molar-refractivity contribution in [3.63, 3.8) is 0 Å². The summed E-state index contributed by atoms with van der Waals surface area (Å²) in [7, 11) is 0. The van der Waals surface area contributed by atoms with Gasteiger partial charge in [-0.2, -0.15) is 0 Å². The molecule has 0 rings (SSSR count). The molecule has 0 aliphatic heterocycles. The SMILES string of the molecule is C#CCOCCOCCOCCOCCOCCOCCOCCOCCC. The van der Waals surface area contributed by atoms with Crippen LogP contribution in [0.4, 0.5) is 0 Å². The van der Waals surface area contributed by atoms with E-state index >= 15 is 0 Å². The van der Waals surface area contributed by atoms with Crippen LogP contribution >= 0.6 is 0 Å². The van der Waals surface area contributed by atoms with Crippen LogP contribution in [-0.2, 0) is 37.9 Å². The summed E-state index contributed by atoms with van der Waals surface area (Å²) in [6, 6.07) is 0. The van der Waals surface area contributed by atoms with E-state index < -0.39 is 0 Å². The topological polar surface area (TPSA) is 73.8 Å². The molecule has 0 N–H and O–H groups in total. The molecule has 0 heterocycles. The van der Waals surface area contributed by atoms with Crippen LogP contribution in [0.25, 0.3) is 0 Å². The Bertz CT molecular complexity index is 322. The van der Waals surface area contributed by atoms with Crippen molar-refractivity contribution < 1.29 is 37.9 Å². The van der Waals surface area contributed by atoms with E-state index in [0.717, 1.165) is 13.0 Å². The molecule has 0 aliphatic rings. The highest BCUT2D eigenvalue weighted by Gasteiger charge is 1.94. The van der Waals surface area contributed by atoms with Gasteiger partial charge in [-0.25, -0.2) is 0 Å². The van der Waals surface area contributed by atoms with Gasteiger partial charge in [0.2, 0.25) is 0 Å². The lowest BCUT2D eigenvalue weighted by Gasteiger charge is -2.08. The molecule has 0 aromatic rings. The molecular formula is C20H38O8. The Labute approximate surface area is 170 Å². The second-order valence-corrected chi connectivity index (χ2v) is 5.54. The van der Waals surface area contributed by atoms with Crippen molar-refractivity contribution in [2.45, 2.75) is 13.3 Å². The number of hydrogen-bond donors (Lipinski definition) is 0. The van der Waals surface area contributed by atoms with Crippen LogP contribution in [0.15, 0.2) is 0 Å². The number of terminal acetylenes is 1. The third kappa shape index (κ3) is 25.2. The normalized spacial score (nSPS) is 11.0. The minimum Gasteiger partial charge on any atom is -0.379 e. The number of hydrogen-bond acceptors (Lipinski definition) is 8. The summed E-state index contributed by atoms with van der Waals surface area (Å²) in [5.74, 6) is 2.39. The van der Waals surface area contributed by atoms with Gasteiger partial charge in [0, 0.05) is 6.61 Å². The summed E-state index contributed by atoms with van der Waals surface area (Å²) < 4.78 is 42.7. The quantitative estimate of drug-likeness (QED) is 0.175. The van der Waals surface area contributed by atoms with Crippen molar-refractivity contribution in [3.8, 4) is 12.3 Å². The molecule has 0 aromatic carbocycles. The lowest BCUT2D eigenvalue weighted by molar-refractivity contribution is -0.0225. The van der Waals surface area contributed by atoms with E-state index in [4.69, 9.17) is 44.3 Å². The molecule has 28 heavy (non-hydrogen) atoms. The average molecular weight is 407 g/mol. The molecule has 0 fully saturated rings. The average Bonchev–Trinajstić information content (AvgIpc) is 2.71. The molecule has 0 bridgehead atoms. The van der Waals surface area contributed by atoms with E-state index in [0.29, 0.717) is 99.1 Å². The van der Waals surface area contributed by atoms with Gasteiger partial charge in [-0.1, -0.05) is 12.8 Å². The van der Waals surface area contributed by atoms with Crippen LogP contribution in [0.5, 0.6) is 0 Å².